The molecule has 3 N–H and O–H groups in total. The maximum Gasteiger partial charge on any atom is 0.252 e. The van der Waals surface area contributed by atoms with Gasteiger partial charge in [0.15, 0.2) is 11.5 Å². The number of amides is 1. The molecule has 1 aliphatic rings. The third-order valence-electron chi connectivity index (χ3n) is 4.26. The van der Waals surface area contributed by atoms with E-state index in [0.717, 1.165) is 11.3 Å². The number of rotatable bonds is 5. The van der Waals surface area contributed by atoms with Crippen LogP contribution in [0.2, 0.25) is 0 Å². The van der Waals surface area contributed by atoms with Crippen molar-refractivity contribution in [2.45, 2.75) is 6.92 Å². The maximum atomic E-state index is 11.6. The van der Waals surface area contributed by atoms with Gasteiger partial charge in [-0.1, -0.05) is 0 Å². The van der Waals surface area contributed by atoms with Crippen LogP contribution in [0, 0.1) is 0 Å². The number of benzene rings is 2. The van der Waals surface area contributed by atoms with Gasteiger partial charge < -0.3 is 20.3 Å². The standard InChI is InChI=1S/C20H18N4O4S/c1-2-22-20-24(23-9-12-3-6-17-18(7-12)28-11-27-17)15(10-29-20)13-4-5-16(25)14(8-13)19(21)26/h3-10,25H,2,11H2,1H3,(H2,21,26)/b22-20?,23-9-. The number of ether oxygens (including phenoxy) is 2. The third-order valence-corrected chi connectivity index (χ3v) is 5.11. The minimum Gasteiger partial charge on any atom is -0.507 e. The smallest absolute Gasteiger partial charge is 0.252 e. The van der Waals surface area contributed by atoms with Crippen LogP contribution in [0.15, 0.2) is 51.9 Å². The van der Waals surface area contributed by atoms with Gasteiger partial charge in [-0.3, -0.25) is 9.79 Å². The Bertz CT molecular complexity index is 1180. The van der Waals surface area contributed by atoms with Crippen molar-refractivity contribution in [2.75, 3.05) is 13.3 Å². The molecule has 148 valence electrons. The summed E-state index contributed by atoms with van der Waals surface area (Å²) in [6.07, 6.45) is 1.70. The Morgan fingerprint density at radius 1 is 1.28 bits per heavy atom. The van der Waals surface area contributed by atoms with Gasteiger partial charge in [0.2, 0.25) is 11.6 Å². The molecule has 2 aromatic carbocycles. The number of carbonyl (C=O) groups excluding carboxylic acids is 1. The van der Waals surface area contributed by atoms with E-state index in [2.05, 4.69) is 10.1 Å². The fourth-order valence-electron chi connectivity index (χ4n) is 2.86. The van der Waals surface area contributed by atoms with Crippen LogP contribution >= 0.6 is 11.3 Å². The van der Waals surface area contributed by atoms with E-state index in [1.165, 1.54) is 17.4 Å². The van der Waals surface area contributed by atoms with Crippen molar-refractivity contribution in [3.05, 3.63) is 57.7 Å². The lowest BCUT2D eigenvalue weighted by molar-refractivity contribution is 0.0998. The molecule has 3 aromatic rings. The van der Waals surface area contributed by atoms with Gasteiger partial charge in [-0.05, 0) is 48.9 Å². The molecule has 0 bridgehead atoms. The van der Waals surface area contributed by atoms with E-state index < -0.39 is 5.91 Å². The number of hydrogen-bond donors (Lipinski definition) is 2. The molecule has 0 aliphatic carbocycles. The number of primary amides is 1. The van der Waals surface area contributed by atoms with Crippen LogP contribution in [0.3, 0.4) is 0 Å². The minimum atomic E-state index is -0.701. The Labute approximate surface area is 170 Å². The molecule has 8 nitrogen and oxygen atoms in total. The molecular formula is C20H18N4O4S. The van der Waals surface area contributed by atoms with Gasteiger partial charge in [-0.25, -0.2) is 4.68 Å². The van der Waals surface area contributed by atoms with E-state index in [0.29, 0.717) is 28.4 Å². The van der Waals surface area contributed by atoms with Gasteiger partial charge in [0.05, 0.1) is 17.5 Å². The van der Waals surface area contributed by atoms with Crippen molar-refractivity contribution >= 4 is 23.5 Å². The zero-order valence-corrected chi connectivity index (χ0v) is 16.3. The molecular weight excluding hydrogens is 392 g/mol. The quantitative estimate of drug-likeness (QED) is 0.630. The Morgan fingerprint density at radius 2 is 2.10 bits per heavy atom. The number of fused-ring (bicyclic) bond motifs is 1. The highest BCUT2D eigenvalue weighted by atomic mass is 32.1. The molecule has 0 radical (unpaired) electrons. The lowest BCUT2D eigenvalue weighted by Crippen LogP contribution is -2.13. The first-order valence-corrected chi connectivity index (χ1v) is 9.73. The summed E-state index contributed by atoms with van der Waals surface area (Å²) < 4.78 is 12.4. The first-order valence-electron chi connectivity index (χ1n) is 8.85. The molecule has 0 saturated heterocycles. The molecule has 1 aliphatic heterocycles. The van der Waals surface area contributed by atoms with Crippen LogP contribution in [-0.2, 0) is 0 Å². The third kappa shape index (κ3) is 3.72. The Morgan fingerprint density at radius 3 is 2.90 bits per heavy atom. The maximum absolute atomic E-state index is 11.6. The van der Waals surface area contributed by atoms with Gasteiger partial charge in [-0.2, -0.15) is 5.10 Å². The highest BCUT2D eigenvalue weighted by molar-refractivity contribution is 7.07. The van der Waals surface area contributed by atoms with Crippen molar-refractivity contribution in [2.24, 2.45) is 15.8 Å². The first-order chi connectivity index (χ1) is 14.1. The average molecular weight is 410 g/mol. The predicted molar refractivity (Wildman–Crippen MR) is 110 cm³/mol. The summed E-state index contributed by atoms with van der Waals surface area (Å²) in [6, 6.07) is 10.2. The molecule has 0 atom stereocenters. The van der Waals surface area contributed by atoms with Gasteiger partial charge >= 0.3 is 0 Å². The second kappa shape index (κ2) is 7.80. The second-order valence-corrected chi connectivity index (χ2v) is 6.98. The van der Waals surface area contributed by atoms with Gasteiger partial charge in [-0.15, -0.1) is 11.3 Å². The highest BCUT2D eigenvalue weighted by Gasteiger charge is 2.14. The van der Waals surface area contributed by atoms with Gasteiger partial charge in [0.25, 0.3) is 5.91 Å². The number of carbonyl (C=O) groups is 1. The van der Waals surface area contributed by atoms with E-state index in [1.54, 1.807) is 23.0 Å². The van der Waals surface area contributed by atoms with Crippen molar-refractivity contribution < 1.29 is 19.4 Å². The monoisotopic (exact) mass is 410 g/mol. The summed E-state index contributed by atoms with van der Waals surface area (Å²) in [5, 5.41) is 16.3. The lowest BCUT2D eigenvalue weighted by atomic mass is 10.1. The van der Waals surface area contributed by atoms with Crippen LogP contribution in [-0.4, -0.2) is 35.2 Å². The Hall–Kier alpha value is -3.59. The second-order valence-electron chi connectivity index (χ2n) is 6.14. The fourth-order valence-corrected chi connectivity index (χ4v) is 3.77. The zero-order valence-electron chi connectivity index (χ0n) is 15.5. The Kier molecular flexibility index (Phi) is 5.05. The molecule has 0 spiro atoms. The number of aromatic nitrogens is 1. The van der Waals surface area contributed by atoms with E-state index >= 15 is 0 Å². The van der Waals surface area contributed by atoms with Crippen LogP contribution in [0.4, 0.5) is 0 Å². The van der Waals surface area contributed by atoms with Crippen molar-refractivity contribution in [3.8, 4) is 28.5 Å². The summed E-state index contributed by atoms with van der Waals surface area (Å²) in [6.45, 7) is 2.75. The predicted octanol–water partition coefficient (Wildman–Crippen LogP) is 2.55. The van der Waals surface area contributed by atoms with E-state index in [9.17, 15) is 9.90 Å². The average Bonchev–Trinajstić information content (AvgIpc) is 3.33. The number of nitrogens with zero attached hydrogens (tertiary/aromatic N) is 3. The number of nitrogens with two attached hydrogens (primary N) is 1. The van der Waals surface area contributed by atoms with Crippen LogP contribution < -0.4 is 20.0 Å². The molecule has 0 unspecified atom stereocenters. The minimum absolute atomic E-state index is 0.0500. The van der Waals surface area contributed by atoms with Crippen LogP contribution in [0.25, 0.3) is 11.3 Å². The number of aromatic hydroxyl groups is 1. The summed E-state index contributed by atoms with van der Waals surface area (Å²) >= 11 is 1.43. The lowest BCUT2D eigenvalue weighted by Gasteiger charge is -2.06. The van der Waals surface area contributed by atoms with E-state index in [1.807, 2.05) is 30.5 Å². The summed E-state index contributed by atoms with van der Waals surface area (Å²) in [4.78, 5) is 16.8. The van der Waals surface area contributed by atoms with Crippen molar-refractivity contribution in [3.63, 3.8) is 0 Å². The number of thiazole rings is 1. The first kappa shape index (κ1) is 18.8. The highest BCUT2D eigenvalue weighted by Crippen LogP contribution is 2.32. The SMILES string of the molecule is CCN=c1scc(-c2ccc(O)c(C(N)=O)c2)n1/N=C\c1ccc2c(c1)OCO2. The molecule has 0 fully saturated rings. The Balaban J connectivity index is 1.77. The molecule has 9 heteroatoms. The number of phenols is 1. The summed E-state index contributed by atoms with van der Waals surface area (Å²) in [5.74, 6) is 0.516. The molecule has 29 heavy (non-hydrogen) atoms. The normalized spacial score (nSPS) is 13.3. The van der Waals surface area contributed by atoms with Crippen molar-refractivity contribution in [1.29, 1.82) is 0 Å². The largest absolute Gasteiger partial charge is 0.507 e. The zero-order chi connectivity index (χ0) is 20.4. The topological polar surface area (TPSA) is 111 Å². The summed E-state index contributed by atoms with van der Waals surface area (Å²) in [5.41, 5.74) is 7.66. The molecule has 1 amide bonds. The van der Waals surface area contributed by atoms with Gasteiger partial charge in [0, 0.05) is 17.5 Å². The number of hydrogen-bond acceptors (Lipinski definition) is 7. The van der Waals surface area contributed by atoms with E-state index in [4.69, 9.17) is 15.2 Å². The fraction of sp³-hybridized carbons (Fsp3) is 0.150. The molecule has 2 heterocycles. The van der Waals surface area contributed by atoms with Gasteiger partial charge in [0.1, 0.15) is 5.75 Å². The van der Waals surface area contributed by atoms with E-state index in [-0.39, 0.29) is 18.1 Å². The molecule has 0 saturated carbocycles. The summed E-state index contributed by atoms with van der Waals surface area (Å²) in [7, 11) is 0. The van der Waals surface area contributed by atoms with Crippen molar-refractivity contribution in [1.82, 2.24) is 4.68 Å². The molecule has 1 aromatic heterocycles. The van der Waals surface area contributed by atoms with Crippen LogP contribution in [0.5, 0.6) is 17.2 Å². The van der Waals surface area contributed by atoms with Crippen LogP contribution in [0.1, 0.15) is 22.8 Å². The molecule has 4 rings (SSSR count).